The second-order valence-electron chi connectivity index (χ2n) is 4.97. The molecule has 0 aliphatic carbocycles. The van der Waals surface area contributed by atoms with E-state index in [-0.39, 0.29) is 12.1 Å². The molecule has 0 saturated carbocycles. The summed E-state index contributed by atoms with van der Waals surface area (Å²) < 4.78 is 11.4. The molecule has 4 heteroatoms. The molecule has 1 aromatic heterocycles. The number of rotatable bonds is 8. The Labute approximate surface area is 130 Å². The van der Waals surface area contributed by atoms with Crippen LogP contribution < -0.4 is 10.5 Å². The Morgan fingerprint density at radius 1 is 1.24 bits per heavy atom. The van der Waals surface area contributed by atoms with Gasteiger partial charge in [-0.1, -0.05) is 25.1 Å². The summed E-state index contributed by atoms with van der Waals surface area (Å²) in [5, 5.41) is 2.09. The third-order valence-electron chi connectivity index (χ3n) is 3.51. The highest BCUT2D eigenvalue weighted by Gasteiger charge is 2.19. The maximum atomic E-state index is 6.24. The molecule has 2 atom stereocenters. The lowest BCUT2D eigenvalue weighted by Gasteiger charge is -2.24. The smallest absolute Gasteiger partial charge is 0.119 e. The van der Waals surface area contributed by atoms with Gasteiger partial charge in [-0.25, -0.2) is 0 Å². The molecule has 0 radical (unpaired) electrons. The lowest BCUT2D eigenvalue weighted by atomic mass is 10.0. The Kier molecular flexibility index (Phi) is 6.23. The number of thiophene rings is 1. The molecule has 0 saturated heterocycles. The van der Waals surface area contributed by atoms with Gasteiger partial charge in [0.05, 0.1) is 19.8 Å². The van der Waals surface area contributed by atoms with Crippen LogP contribution in [0.25, 0.3) is 0 Å². The van der Waals surface area contributed by atoms with Gasteiger partial charge in [0.1, 0.15) is 5.75 Å². The number of ether oxygens (including phenoxy) is 2. The molecule has 0 spiro atoms. The number of nitrogens with two attached hydrogens (primary N) is 1. The molecular formula is C17H23NO2S. The minimum Gasteiger partial charge on any atom is -0.497 e. The molecule has 0 aliphatic heterocycles. The molecule has 2 rings (SSSR count). The first-order chi connectivity index (χ1) is 10.2. The van der Waals surface area contributed by atoms with E-state index in [9.17, 15) is 0 Å². The zero-order chi connectivity index (χ0) is 15.1. The minimum atomic E-state index is -0.0925. The van der Waals surface area contributed by atoms with Crippen molar-refractivity contribution in [3.63, 3.8) is 0 Å². The molecule has 0 bridgehead atoms. The summed E-state index contributed by atoms with van der Waals surface area (Å²) in [6.45, 7) is 2.76. The van der Waals surface area contributed by atoms with Crippen molar-refractivity contribution in [2.45, 2.75) is 31.9 Å². The molecule has 1 aromatic carbocycles. The zero-order valence-electron chi connectivity index (χ0n) is 12.6. The summed E-state index contributed by atoms with van der Waals surface area (Å²) in [7, 11) is 1.67. The summed E-state index contributed by atoms with van der Waals surface area (Å²) >= 11 is 1.76. The van der Waals surface area contributed by atoms with E-state index in [4.69, 9.17) is 15.2 Å². The van der Waals surface area contributed by atoms with Crippen LogP contribution in [-0.2, 0) is 11.2 Å². The van der Waals surface area contributed by atoms with E-state index in [1.807, 2.05) is 24.3 Å². The van der Waals surface area contributed by atoms with Crippen molar-refractivity contribution in [2.24, 2.45) is 5.73 Å². The maximum absolute atomic E-state index is 6.24. The van der Waals surface area contributed by atoms with Crippen molar-refractivity contribution in [1.29, 1.82) is 0 Å². The summed E-state index contributed by atoms with van der Waals surface area (Å²) in [6.07, 6.45) is 1.71. The van der Waals surface area contributed by atoms with Crippen LogP contribution >= 0.6 is 11.3 Å². The van der Waals surface area contributed by atoms with Gasteiger partial charge in [0, 0.05) is 17.3 Å². The molecule has 2 N–H and O–H groups in total. The normalized spacial score (nSPS) is 13.9. The standard InChI is InChI=1S/C17H23NO2S/c1-3-16(18)17(13-6-4-7-14(12-13)19-2)20-10-9-15-8-5-11-21-15/h4-8,11-12,16-17H,3,9-10,18H2,1-2H3. The van der Waals surface area contributed by atoms with Crippen LogP contribution in [0, 0.1) is 0 Å². The van der Waals surface area contributed by atoms with Gasteiger partial charge in [0.15, 0.2) is 0 Å². The van der Waals surface area contributed by atoms with Crippen LogP contribution in [0.5, 0.6) is 5.75 Å². The SMILES string of the molecule is CCC(N)C(OCCc1cccs1)c1cccc(OC)c1. The second-order valence-corrected chi connectivity index (χ2v) is 6.00. The third kappa shape index (κ3) is 4.56. The van der Waals surface area contributed by atoms with E-state index < -0.39 is 0 Å². The Morgan fingerprint density at radius 2 is 2.10 bits per heavy atom. The predicted molar refractivity (Wildman–Crippen MR) is 88.0 cm³/mol. The first kappa shape index (κ1) is 16.0. The first-order valence-electron chi connectivity index (χ1n) is 7.28. The van der Waals surface area contributed by atoms with Crippen LogP contribution in [0.2, 0.25) is 0 Å². The average molecular weight is 305 g/mol. The molecule has 0 aliphatic rings. The highest BCUT2D eigenvalue weighted by atomic mass is 32.1. The van der Waals surface area contributed by atoms with E-state index in [0.29, 0.717) is 6.61 Å². The van der Waals surface area contributed by atoms with Crippen molar-refractivity contribution in [3.05, 3.63) is 52.2 Å². The van der Waals surface area contributed by atoms with E-state index in [2.05, 4.69) is 24.4 Å². The fourth-order valence-electron chi connectivity index (χ4n) is 2.24. The molecule has 0 fully saturated rings. The van der Waals surface area contributed by atoms with Gasteiger partial charge in [-0.15, -0.1) is 11.3 Å². The highest BCUT2D eigenvalue weighted by molar-refractivity contribution is 7.09. The Hall–Kier alpha value is -1.36. The van der Waals surface area contributed by atoms with Crippen molar-refractivity contribution in [2.75, 3.05) is 13.7 Å². The van der Waals surface area contributed by atoms with Crippen LogP contribution in [0.3, 0.4) is 0 Å². The van der Waals surface area contributed by atoms with E-state index in [1.165, 1.54) is 4.88 Å². The zero-order valence-corrected chi connectivity index (χ0v) is 13.4. The van der Waals surface area contributed by atoms with Crippen molar-refractivity contribution >= 4 is 11.3 Å². The highest BCUT2D eigenvalue weighted by Crippen LogP contribution is 2.26. The summed E-state index contributed by atoms with van der Waals surface area (Å²) in [5.41, 5.74) is 7.32. The number of hydrogen-bond donors (Lipinski definition) is 1. The largest absolute Gasteiger partial charge is 0.497 e. The fraction of sp³-hybridized carbons (Fsp3) is 0.412. The van der Waals surface area contributed by atoms with Crippen molar-refractivity contribution in [3.8, 4) is 5.75 Å². The summed E-state index contributed by atoms with van der Waals surface area (Å²) in [4.78, 5) is 1.34. The van der Waals surface area contributed by atoms with Gasteiger partial charge in [0.25, 0.3) is 0 Å². The predicted octanol–water partition coefficient (Wildman–Crippen LogP) is 3.79. The Balaban J connectivity index is 2.03. The van der Waals surface area contributed by atoms with Crippen LogP contribution in [0.4, 0.5) is 0 Å². The minimum absolute atomic E-state index is 0.0135. The monoisotopic (exact) mass is 305 g/mol. The molecule has 2 aromatic rings. The number of methoxy groups -OCH3 is 1. The van der Waals surface area contributed by atoms with Crippen LogP contribution in [0.15, 0.2) is 41.8 Å². The second kappa shape index (κ2) is 8.17. The van der Waals surface area contributed by atoms with Crippen LogP contribution in [-0.4, -0.2) is 19.8 Å². The lowest BCUT2D eigenvalue weighted by Crippen LogP contribution is -2.30. The lowest BCUT2D eigenvalue weighted by molar-refractivity contribution is 0.0356. The molecule has 1 heterocycles. The number of hydrogen-bond acceptors (Lipinski definition) is 4. The van der Waals surface area contributed by atoms with Crippen LogP contribution in [0.1, 0.15) is 29.9 Å². The molecule has 3 nitrogen and oxygen atoms in total. The van der Waals surface area contributed by atoms with Gasteiger partial charge < -0.3 is 15.2 Å². The summed E-state index contributed by atoms with van der Waals surface area (Å²) in [5.74, 6) is 0.836. The van der Waals surface area contributed by atoms with Gasteiger partial charge >= 0.3 is 0 Å². The average Bonchev–Trinajstić information content (AvgIpc) is 3.04. The van der Waals surface area contributed by atoms with Gasteiger partial charge in [-0.3, -0.25) is 0 Å². The Bertz CT molecular complexity index is 527. The van der Waals surface area contributed by atoms with Gasteiger partial charge in [-0.2, -0.15) is 0 Å². The van der Waals surface area contributed by atoms with Gasteiger partial charge in [-0.05, 0) is 35.6 Å². The van der Waals surface area contributed by atoms with E-state index in [0.717, 1.165) is 24.2 Å². The molecule has 21 heavy (non-hydrogen) atoms. The number of benzene rings is 1. The molecule has 2 unspecified atom stereocenters. The quantitative estimate of drug-likeness (QED) is 0.807. The first-order valence-corrected chi connectivity index (χ1v) is 8.16. The Morgan fingerprint density at radius 3 is 2.76 bits per heavy atom. The fourth-order valence-corrected chi connectivity index (χ4v) is 2.93. The van der Waals surface area contributed by atoms with Crippen molar-refractivity contribution in [1.82, 2.24) is 0 Å². The topological polar surface area (TPSA) is 44.5 Å². The van der Waals surface area contributed by atoms with E-state index >= 15 is 0 Å². The van der Waals surface area contributed by atoms with Crippen molar-refractivity contribution < 1.29 is 9.47 Å². The summed E-state index contributed by atoms with van der Waals surface area (Å²) in [6, 6.07) is 12.2. The molecule has 114 valence electrons. The van der Waals surface area contributed by atoms with Gasteiger partial charge in [0.2, 0.25) is 0 Å². The third-order valence-corrected chi connectivity index (χ3v) is 4.44. The maximum Gasteiger partial charge on any atom is 0.119 e. The molecular weight excluding hydrogens is 282 g/mol. The van der Waals surface area contributed by atoms with E-state index in [1.54, 1.807) is 18.4 Å². The molecule has 0 amide bonds.